The zero-order chi connectivity index (χ0) is 21.5. The van der Waals surface area contributed by atoms with Crippen LogP contribution in [0.3, 0.4) is 0 Å². The van der Waals surface area contributed by atoms with Gasteiger partial charge in [0.05, 0.1) is 12.2 Å². The van der Waals surface area contributed by atoms with Gasteiger partial charge in [-0.05, 0) is 69.7 Å². The van der Waals surface area contributed by atoms with Crippen LogP contribution in [-0.2, 0) is 12.6 Å². The Morgan fingerprint density at radius 2 is 2.03 bits per heavy atom. The maximum atomic E-state index is 13.4. The summed E-state index contributed by atoms with van der Waals surface area (Å²) in [6, 6.07) is 6.28. The van der Waals surface area contributed by atoms with E-state index in [0.29, 0.717) is 30.2 Å². The number of alkyl halides is 3. The number of amides is 1. The van der Waals surface area contributed by atoms with Gasteiger partial charge >= 0.3 is 6.18 Å². The van der Waals surface area contributed by atoms with Crippen molar-refractivity contribution in [2.45, 2.75) is 57.8 Å². The number of aryl methyl sites for hydroxylation is 1. The van der Waals surface area contributed by atoms with Crippen LogP contribution in [0.2, 0.25) is 0 Å². The highest BCUT2D eigenvalue weighted by molar-refractivity contribution is 5.96. The normalized spacial score (nSPS) is 23.1. The first-order valence-electron chi connectivity index (χ1n) is 10.2. The lowest BCUT2D eigenvalue weighted by molar-refractivity contribution is -0.137. The molecule has 2 aromatic heterocycles. The quantitative estimate of drug-likeness (QED) is 0.719. The van der Waals surface area contributed by atoms with Crippen LogP contribution in [0.25, 0.3) is 0 Å². The number of nitrogens with zero attached hydrogens (tertiary/aromatic N) is 3. The fourth-order valence-corrected chi connectivity index (χ4v) is 4.72. The summed E-state index contributed by atoms with van der Waals surface area (Å²) in [6.45, 7) is 4.14. The highest BCUT2D eigenvalue weighted by Crippen LogP contribution is 2.44. The van der Waals surface area contributed by atoms with E-state index in [-0.39, 0.29) is 23.9 Å². The van der Waals surface area contributed by atoms with E-state index in [1.807, 2.05) is 24.8 Å². The van der Waals surface area contributed by atoms with Crippen LogP contribution in [0, 0.1) is 12.8 Å². The van der Waals surface area contributed by atoms with Gasteiger partial charge in [-0.25, -0.2) is 4.98 Å². The second kappa shape index (κ2) is 7.89. The molecule has 2 aliphatic heterocycles. The SMILES string of the molecule is CCOc1ccc(C)nc1C(=O)N1C2CCC1C(Cc1ccc(C(F)(F)F)cn1)C2. The average molecular weight is 419 g/mol. The maximum Gasteiger partial charge on any atom is 0.417 e. The molecule has 4 heterocycles. The molecule has 2 saturated heterocycles. The van der Waals surface area contributed by atoms with Crippen LogP contribution in [-0.4, -0.2) is 39.5 Å². The first-order chi connectivity index (χ1) is 14.3. The molecule has 30 heavy (non-hydrogen) atoms. The molecule has 0 spiro atoms. The van der Waals surface area contributed by atoms with Crippen molar-refractivity contribution < 1.29 is 22.7 Å². The molecular weight excluding hydrogens is 395 g/mol. The van der Waals surface area contributed by atoms with Gasteiger partial charge in [0, 0.05) is 29.7 Å². The minimum absolute atomic E-state index is 0.0448. The van der Waals surface area contributed by atoms with Crippen molar-refractivity contribution in [2.24, 2.45) is 5.92 Å². The Balaban J connectivity index is 1.52. The molecule has 3 unspecified atom stereocenters. The van der Waals surface area contributed by atoms with Crippen LogP contribution in [0.5, 0.6) is 5.75 Å². The average Bonchev–Trinajstić information content (AvgIpc) is 3.26. The van der Waals surface area contributed by atoms with E-state index in [2.05, 4.69) is 9.97 Å². The van der Waals surface area contributed by atoms with Crippen molar-refractivity contribution in [2.75, 3.05) is 6.61 Å². The van der Waals surface area contributed by atoms with E-state index in [4.69, 9.17) is 4.74 Å². The minimum atomic E-state index is -4.39. The summed E-state index contributed by atoms with van der Waals surface area (Å²) in [5.74, 6) is 0.537. The number of ether oxygens (including phenoxy) is 1. The highest BCUT2D eigenvalue weighted by Gasteiger charge is 2.49. The minimum Gasteiger partial charge on any atom is -0.491 e. The molecule has 0 saturated carbocycles. The maximum absolute atomic E-state index is 13.4. The lowest BCUT2D eigenvalue weighted by atomic mass is 9.86. The molecule has 8 heteroatoms. The third kappa shape index (κ3) is 3.87. The first kappa shape index (κ1) is 20.6. The van der Waals surface area contributed by atoms with Gasteiger partial charge in [0.2, 0.25) is 0 Å². The summed E-state index contributed by atoms with van der Waals surface area (Å²) in [5.41, 5.74) is 0.961. The van der Waals surface area contributed by atoms with Gasteiger partial charge in [-0.15, -0.1) is 0 Å². The van der Waals surface area contributed by atoms with E-state index in [1.165, 1.54) is 6.07 Å². The molecule has 0 radical (unpaired) electrons. The number of fused-ring (bicyclic) bond motifs is 2. The second-order valence-corrected chi connectivity index (χ2v) is 7.98. The summed E-state index contributed by atoms with van der Waals surface area (Å²) in [4.78, 5) is 23.7. The lowest BCUT2D eigenvalue weighted by Crippen LogP contribution is -2.37. The standard InChI is InChI=1S/C22H24F3N3O2/c1-3-30-19-9-4-13(2)27-20(19)21(29)28-17-7-8-18(28)14(11-17)10-16-6-5-15(12-26-16)22(23,24)25/h4-6,9,12,14,17-18H,3,7-8,10-11H2,1-2H3. The molecule has 0 N–H and O–H groups in total. The van der Waals surface area contributed by atoms with Crippen LogP contribution >= 0.6 is 0 Å². The third-order valence-electron chi connectivity index (χ3n) is 6.02. The van der Waals surface area contributed by atoms with Gasteiger partial charge in [-0.3, -0.25) is 9.78 Å². The van der Waals surface area contributed by atoms with Gasteiger partial charge in [0.15, 0.2) is 11.4 Å². The molecule has 2 aliphatic rings. The molecule has 4 rings (SSSR count). The Morgan fingerprint density at radius 3 is 2.70 bits per heavy atom. The van der Waals surface area contributed by atoms with Gasteiger partial charge in [-0.2, -0.15) is 13.2 Å². The fraction of sp³-hybridized carbons (Fsp3) is 0.500. The number of carbonyl (C=O) groups excluding carboxylic acids is 1. The van der Waals surface area contributed by atoms with Crippen molar-refractivity contribution in [1.29, 1.82) is 0 Å². The topological polar surface area (TPSA) is 55.3 Å². The van der Waals surface area contributed by atoms with Crippen molar-refractivity contribution in [1.82, 2.24) is 14.9 Å². The number of carbonyl (C=O) groups is 1. The molecule has 2 fully saturated rings. The summed E-state index contributed by atoms with van der Waals surface area (Å²) in [5, 5.41) is 0. The van der Waals surface area contributed by atoms with Crippen molar-refractivity contribution in [3.05, 3.63) is 53.1 Å². The van der Waals surface area contributed by atoms with Gasteiger partial charge < -0.3 is 9.64 Å². The molecule has 2 aromatic rings. The molecule has 2 bridgehead atoms. The third-order valence-corrected chi connectivity index (χ3v) is 6.02. The van der Waals surface area contributed by atoms with E-state index in [1.54, 1.807) is 6.07 Å². The Labute approximate surface area is 173 Å². The zero-order valence-electron chi connectivity index (χ0n) is 16.9. The molecule has 160 valence electrons. The number of aromatic nitrogens is 2. The Morgan fingerprint density at radius 1 is 1.23 bits per heavy atom. The zero-order valence-corrected chi connectivity index (χ0v) is 16.9. The summed E-state index contributed by atoms with van der Waals surface area (Å²) in [7, 11) is 0. The molecule has 3 atom stereocenters. The van der Waals surface area contributed by atoms with Crippen molar-refractivity contribution in [3.8, 4) is 5.75 Å². The Hall–Kier alpha value is -2.64. The first-order valence-corrected chi connectivity index (χ1v) is 10.2. The van der Waals surface area contributed by atoms with Crippen LogP contribution in [0.1, 0.15) is 53.6 Å². The van der Waals surface area contributed by atoms with Crippen LogP contribution < -0.4 is 4.74 Å². The Bertz CT molecular complexity index is 930. The summed E-state index contributed by atoms with van der Waals surface area (Å²) >= 11 is 0. The second-order valence-electron chi connectivity index (χ2n) is 7.98. The van der Waals surface area contributed by atoms with E-state index in [9.17, 15) is 18.0 Å². The van der Waals surface area contributed by atoms with E-state index >= 15 is 0 Å². The molecule has 0 aromatic carbocycles. The fourth-order valence-electron chi connectivity index (χ4n) is 4.72. The lowest BCUT2D eigenvalue weighted by Gasteiger charge is -2.25. The highest BCUT2D eigenvalue weighted by atomic mass is 19.4. The van der Waals surface area contributed by atoms with Crippen LogP contribution in [0.4, 0.5) is 13.2 Å². The monoisotopic (exact) mass is 419 g/mol. The molecule has 5 nitrogen and oxygen atoms in total. The molecule has 0 aliphatic carbocycles. The van der Waals surface area contributed by atoms with Gasteiger partial charge in [0.25, 0.3) is 5.91 Å². The number of rotatable bonds is 5. The van der Waals surface area contributed by atoms with Gasteiger partial charge in [0.1, 0.15) is 0 Å². The molecular formula is C22H24F3N3O2. The smallest absolute Gasteiger partial charge is 0.417 e. The number of halogens is 3. The summed E-state index contributed by atoms with van der Waals surface area (Å²) in [6.07, 6.45) is -0.297. The van der Waals surface area contributed by atoms with Gasteiger partial charge in [-0.1, -0.05) is 0 Å². The summed E-state index contributed by atoms with van der Waals surface area (Å²) < 4.78 is 43.9. The van der Waals surface area contributed by atoms with E-state index < -0.39 is 11.7 Å². The van der Waals surface area contributed by atoms with Crippen LogP contribution in [0.15, 0.2) is 30.5 Å². The van der Waals surface area contributed by atoms with Crippen molar-refractivity contribution >= 4 is 5.91 Å². The Kier molecular flexibility index (Phi) is 5.42. The number of hydrogen-bond donors (Lipinski definition) is 0. The number of hydrogen-bond acceptors (Lipinski definition) is 4. The molecule has 1 amide bonds. The number of pyridine rings is 2. The predicted octanol–water partition coefficient (Wildman–Crippen LogP) is 4.44. The van der Waals surface area contributed by atoms with E-state index in [0.717, 1.165) is 37.2 Å². The largest absolute Gasteiger partial charge is 0.491 e. The van der Waals surface area contributed by atoms with Crippen molar-refractivity contribution in [3.63, 3.8) is 0 Å². The predicted molar refractivity (Wildman–Crippen MR) is 104 cm³/mol.